The lowest BCUT2D eigenvalue weighted by Crippen LogP contribution is -2.18. The van der Waals surface area contributed by atoms with Crippen molar-refractivity contribution in [3.8, 4) is 11.6 Å². The van der Waals surface area contributed by atoms with Crippen LogP contribution < -0.4 is 9.47 Å². The maximum Gasteiger partial charge on any atom is 0.573 e. The number of nitrogens with zero attached hydrogens (tertiary/aromatic N) is 1. The Morgan fingerprint density at radius 3 is 2.50 bits per heavy atom. The Morgan fingerprint density at radius 1 is 1.44 bits per heavy atom. The Labute approximate surface area is 89.6 Å². The molecule has 90 valence electrons. The molecule has 0 saturated heterocycles. The Morgan fingerprint density at radius 2 is 2.06 bits per heavy atom. The molecule has 0 radical (unpaired) electrons. The molecule has 0 amide bonds. The fraction of sp³-hybridized carbons (Fsp3) is 0.444. The van der Waals surface area contributed by atoms with Gasteiger partial charge in [-0.2, -0.15) is 0 Å². The lowest BCUT2D eigenvalue weighted by atomic mass is 10.2. The average Bonchev–Trinajstić information content (AvgIpc) is 2.19. The highest BCUT2D eigenvalue weighted by atomic mass is 19.4. The van der Waals surface area contributed by atoms with E-state index in [4.69, 9.17) is 9.84 Å². The first-order chi connectivity index (χ1) is 7.37. The number of aliphatic hydroxyl groups is 1. The number of methoxy groups -OCH3 is 1. The third-order valence-corrected chi connectivity index (χ3v) is 1.89. The largest absolute Gasteiger partial charge is 0.573 e. The van der Waals surface area contributed by atoms with E-state index in [0.29, 0.717) is 0 Å². The van der Waals surface area contributed by atoms with Crippen molar-refractivity contribution >= 4 is 0 Å². The first-order valence-corrected chi connectivity index (χ1v) is 4.28. The molecule has 0 unspecified atom stereocenters. The van der Waals surface area contributed by atoms with Gasteiger partial charge in [0.1, 0.15) is 5.75 Å². The van der Waals surface area contributed by atoms with Crippen LogP contribution in [0, 0.1) is 6.92 Å². The molecule has 16 heavy (non-hydrogen) atoms. The molecule has 0 aliphatic rings. The smallest absolute Gasteiger partial charge is 0.481 e. The molecule has 0 fully saturated rings. The third-order valence-electron chi connectivity index (χ3n) is 1.89. The number of halogens is 3. The van der Waals surface area contributed by atoms with Crippen LogP contribution in [0.4, 0.5) is 13.2 Å². The summed E-state index contributed by atoms with van der Waals surface area (Å²) in [6, 6.07) is 1.02. The van der Waals surface area contributed by atoms with Crippen molar-refractivity contribution in [3.63, 3.8) is 0 Å². The minimum Gasteiger partial charge on any atom is -0.481 e. The Bertz CT molecular complexity index is 379. The van der Waals surface area contributed by atoms with E-state index in [-0.39, 0.29) is 17.1 Å². The Kier molecular flexibility index (Phi) is 3.58. The Balaban J connectivity index is 3.16. The first-order valence-electron chi connectivity index (χ1n) is 4.28. The summed E-state index contributed by atoms with van der Waals surface area (Å²) >= 11 is 0. The summed E-state index contributed by atoms with van der Waals surface area (Å²) in [4.78, 5) is 3.78. The summed E-state index contributed by atoms with van der Waals surface area (Å²) in [5.74, 6) is -0.475. The van der Waals surface area contributed by atoms with Crippen molar-refractivity contribution in [1.82, 2.24) is 4.98 Å². The van der Waals surface area contributed by atoms with Gasteiger partial charge in [-0.1, -0.05) is 0 Å². The molecule has 0 aliphatic heterocycles. The topological polar surface area (TPSA) is 51.6 Å². The first kappa shape index (κ1) is 12.6. The van der Waals surface area contributed by atoms with E-state index in [2.05, 4.69) is 9.72 Å². The number of rotatable bonds is 3. The molecule has 0 aromatic carbocycles. The molecule has 7 heteroatoms. The van der Waals surface area contributed by atoms with E-state index in [0.717, 1.165) is 6.07 Å². The van der Waals surface area contributed by atoms with E-state index < -0.39 is 18.7 Å². The van der Waals surface area contributed by atoms with Gasteiger partial charge in [-0.15, -0.1) is 13.2 Å². The van der Waals surface area contributed by atoms with Crippen molar-refractivity contribution in [2.45, 2.75) is 19.9 Å². The van der Waals surface area contributed by atoms with Crippen LogP contribution in [0.15, 0.2) is 6.07 Å². The fourth-order valence-corrected chi connectivity index (χ4v) is 1.10. The van der Waals surface area contributed by atoms with Crippen molar-refractivity contribution < 1.29 is 27.8 Å². The minimum atomic E-state index is -4.79. The molecule has 0 spiro atoms. The van der Waals surface area contributed by atoms with Gasteiger partial charge in [-0.05, 0) is 6.92 Å². The second kappa shape index (κ2) is 4.56. The van der Waals surface area contributed by atoms with Crippen LogP contribution in [0.3, 0.4) is 0 Å². The van der Waals surface area contributed by atoms with E-state index in [1.165, 1.54) is 14.0 Å². The van der Waals surface area contributed by atoms with Crippen molar-refractivity contribution in [2.75, 3.05) is 7.11 Å². The summed E-state index contributed by atoms with van der Waals surface area (Å²) in [6.45, 7) is 0.885. The van der Waals surface area contributed by atoms with Gasteiger partial charge in [-0.3, -0.25) is 0 Å². The summed E-state index contributed by atoms with van der Waals surface area (Å²) in [5, 5.41) is 8.91. The summed E-state index contributed by atoms with van der Waals surface area (Å²) in [5.41, 5.74) is 0.208. The molecule has 0 aliphatic carbocycles. The third kappa shape index (κ3) is 2.99. The van der Waals surface area contributed by atoms with Crippen LogP contribution in [0.5, 0.6) is 11.6 Å². The minimum absolute atomic E-state index is 0.0473. The van der Waals surface area contributed by atoms with E-state index in [1.54, 1.807) is 0 Å². The normalized spacial score (nSPS) is 11.4. The zero-order chi connectivity index (χ0) is 12.3. The molecule has 1 heterocycles. The van der Waals surface area contributed by atoms with E-state index >= 15 is 0 Å². The van der Waals surface area contributed by atoms with Crippen LogP contribution in [0.2, 0.25) is 0 Å². The number of alkyl halides is 3. The molecule has 0 atom stereocenters. The zero-order valence-electron chi connectivity index (χ0n) is 8.63. The maximum atomic E-state index is 12.0. The van der Waals surface area contributed by atoms with Crippen molar-refractivity contribution in [2.24, 2.45) is 0 Å². The van der Waals surface area contributed by atoms with Crippen LogP contribution in [-0.2, 0) is 6.61 Å². The standard InChI is InChI=1S/C9H10F3NO3/c1-5-6(4-14)13-8(15-2)3-7(5)16-9(10,11)12/h3,14H,4H2,1-2H3. The van der Waals surface area contributed by atoms with Gasteiger partial charge in [0.25, 0.3) is 0 Å². The quantitative estimate of drug-likeness (QED) is 0.870. The van der Waals surface area contributed by atoms with Gasteiger partial charge < -0.3 is 14.6 Å². The van der Waals surface area contributed by atoms with Crippen molar-refractivity contribution in [1.29, 1.82) is 0 Å². The number of hydrogen-bond donors (Lipinski definition) is 1. The predicted molar refractivity (Wildman–Crippen MR) is 48.1 cm³/mol. The highest BCUT2D eigenvalue weighted by molar-refractivity contribution is 5.39. The molecule has 1 N–H and O–H groups in total. The average molecular weight is 237 g/mol. The van der Waals surface area contributed by atoms with Crippen LogP contribution in [-0.4, -0.2) is 23.6 Å². The van der Waals surface area contributed by atoms with Gasteiger partial charge in [0.2, 0.25) is 5.88 Å². The van der Waals surface area contributed by atoms with Gasteiger partial charge in [0.05, 0.1) is 19.4 Å². The lowest BCUT2D eigenvalue weighted by Gasteiger charge is -2.14. The molecule has 4 nitrogen and oxygen atoms in total. The second-order valence-corrected chi connectivity index (χ2v) is 2.94. The van der Waals surface area contributed by atoms with Gasteiger partial charge in [-0.25, -0.2) is 4.98 Å². The lowest BCUT2D eigenvalue weighted by molar-refractivity contribution is -0.274. The number of aliphatic hydroxyl groups excluding tert-OH is 1. The summed E-state index contributed by atoms with van der Waals surface area (Å²) < 4.78 is 44.6. The van der Waals surface area contributed by atoms with E-state index in [9.17, 15) is 13.2 Å². The number of pyridine rings is 1. The zero-order valence-corrected chi connectivity index (χ0v) is 8.63. The highest BCUT2D eigenvalue weighted by Crippen LogP contribution is 2.30. The number of ether oxygens (including phenoxy) is 2. The molecular formula is C9H10F3NO3. The molecule has 1 rings (SSSR count). The second-order valence-electron chi connectivity index (χ2n) is 2.94. The van der Waals surface area contributed by atoms with E-state index in [1.807, 2.05) is 0 Å². The summed E-state index contributed by atoms with van der Waals surface area (Å²) in [6.07, 6.45) is -4.79. The van der Waals surface area contributed by atoms with Crippen LogP contribution in [0.25, 0.3) is 0 Å². The highest BCUT2D eigenvalue weighted by Gasteiger charge is 2.32. The van der Waals surface area contributed by atoms with Gasteiger partial charge in [0.15, 0.2) is 0 Å². The van der Waals surface area contributed by atoms with Gasteiger partial charge >= 0.3 is 6.36 Å². The predicted octanol–water partition coefficient (Wildman–Crippen LogP) is 1.79. The number of hydrogen-bond acceptors (Lipinski definition) is 4. The Hall–Kier alpha value is -1.50. The molecule has 1 aromatic heterocycles. The van der Waals surface area contributed by atoms with Gasteiger partial charge in [0, 0.05) is 11.6 Å². The SMILES string of the molecule is COc1cc(OC(F)(F)F)c(C)c(CO)n1. The van der Waals surface area contributed by atoms with Crippen LogP contribution >= 0.6 is 0 Å². The molecule has 1 aromatic rings. The monoisotopic (exact) mass is 237 g/mol. The molecule has 0 bridgehead atoms. The number of aromatic nitrogens is 1. The fourth-order valence-electron chi connectivity index (χ4n) is 1.10. The molecular weight excluding hydrogens is 227 g/mol. The van der Waals surface area contributed by atoms with Crippen molar-refractivity contribution in [3.05, 3.63) is 17.3 Å². The molecule has 0 saturated carbocycles. The summed E-state index contributed by atoms with van der Waals surface area (Å²) in [7, 11) is 1.26. The van der Waals surface area contributed by atoms with Crippen LogP contribution in [0.1, 0.15) is 11.3 Å². The maximum absolute atomic E-state index is 12.0.